The Morgan fingerprint density at radius 2 is 2.05 bits per heavy atom. The van der Waals surface area contributed by atoms with Crippen molar-refractivity contribution in [3.05, 3.63) is 48.7 Å². The van der Waals surface area contributed by atoms with E-state index in [4.69, 9.17) is 9.57 Å². The maximum absolute atomic E-state index is 11.9. The fourth-order valence-corrected chi connectivity index (χ4v) is 1.84. The van der Waals surface area contributed by atoms with Crippen LogP contribution in [0.15, 0.2) is 48.7 Å². The molecule has 0 aliphatic carbocycles. The van der Waals surface area contributed by atoms with Gasteiger partial charge in [0.1, 0.15) is 5.82 Å². The smallest absolute Gasteiger partial charge is 0.438 e. The summed E-state index contributed by atoms with van der Waals surface area (Å²) in [5.41, 5.74) is 1.38. The number of pyridine rings is 1. The molecule has 1 amide bonds. The molecule has 6 heteroatoms. The van der Waals surface area contributed by atoms with Gasteiger partial charge in [0.2, 0.25) is 0 Å². The first-order chi connectivity index (χ1) is 10.7. The molecule has 1 N–H and O–H groups in total. The Hall–Kier alpha value is -2.60. The van der Waals surface area contributed by atoms with Crippen molar-refractivity contribution in [2.45, 2.75) is 13.8 Å². The number of amides is 1. The van der Waals surface area contributed by atoms with Gasteiger partial charge in [-0.3, -0.25) is 4.84 Å². The van der Waals surface area contributed by atoms with Crippen molar-refractivity contribution >= 4 is 23.3 Å². The monoisotopic (exact) mass is 301 g/mol. The Balaban J connectivity index is 2.19. The largest absolute Gasteiger partial charge is 0.448 e. The molecule has 1 aromatic carbocycles. The summed E-state index contributed by atoms with van der Waals surface area (Å²) in [7, 11) is 0. The predicted molar refractivity (Wildman–Crippen MR) is 85.1 cm³/mol. The summed E-state index contributed by atoms with van der Waals surface area (Å²) in [6.45, 7) is 4.20. The third-order valence-electron chi connectivity index (χ3n) is 2.71. The molecule has 0 spiro atoms. The molecule has 2 rings (SSSR count). The van der Waals surface area contributed by atoms with Crippen LogP contribution < -0.4 is 10.4 Å². The number of carbonyl (C=O) groups is 1. The van der Waals surface area contributed by atoms with Gasteiger partial charge in [0.05, 0.1) is 18.9 Å². The van der Waals surface area contributed by atoms with Crippen LogP contribution >= 0.6 is 0 Å². The highest BCUT2D eigenvalue weighted by Crippen LogP contribution is 2.22. The van der Waals surface area contributed by atoms with E-state index >= 15 is 0 Å². The lowest BCUT2D eigenvalue weighted by Gasteiger charge is -2.20. The summed E-state index contributed by atoms with van der Waals surface area (Å²) >= 11 is 0. The molecule has 0 atom stereocenters. The van der Waals surface area contributed by atoms with Gasteiger partial charge in [-0.2, -0.15) is 5.06 Å². The van der Waals surface area contributed by atoms with Crippen molar-refractivity contribution < 1.29 is 14.4 Å². The Bertz CT molecular complexity index is 605. The van der Waals surface area contributed by atoms with Crippen LogP contribution in [0.1, 0.15) is 13.8 Å². The first-order valence-corrected chi connectivity index (χ1v) is 7.12. The van der Waals surface area contributed by atoms with Crippen LogP contribution in [0.3, 0.4) is 0 Å². The zero-order chi connectivity index (χ0) is 15.8. The van der Waals surface area contributed by atoms with Gasteiger partial charge < -0.3 is 10.1 Å². The number of ether oxygens (including phenoxy) is 1. The van der Waals surface area contributed by atoms with Crippen molar-refractivity contribution in [1.29, 1.82) is 0 Å². The summed E-state index contributed by atoms with van der Waals surface area (Å²) in [5.74, 6) is 0.721. The Labute approximate surface area is 129 Å². The molecule has 0 bridgehead atoms. The van der Waals surface area contributed by atoms with E-state index in [9.17, 15) is 4.79 Å². The second-order valence-corrected chi connectivity index (χ2v) is 4.30. The zero-order valence-electron chi connectivity index (χ0n) is 12.7. The van der Waals surface area contributed by atoms with Gasteiger partial charge in [0, 0.05) is 11.9 Å². The molecule has 0 fully saturated rings. The third kappa shape index (κ3) is 4.20. The molecule has 22 heavy (non-hydrogen) atoms. The van der Waals surface area contributed by atoms with E-state index in [1.54, 1.807) is 25.3 Å². The number of anilines is 3. The van der Waals surface area contributed by atoms with Crippen molar-refractivity contribution in [1.82, 2.24) is 4.98 Å². The second kappa shape index (κ2) is 7.99. The molecule has 0 radical (unpaired) electrons. The second-order valence-electron chi connectivity index (χ2n) is 4.30. The summed E-state index contributed by atoms with van der Waals surface area (Å²) in [5, 5.41) is 4.31. The van der Waals surface area contributed by atoms with Crippen LogP contribution in [0.25, 0.3) is 0 Å². The number of hydrogen-bond acceptors (Lipinski definition) is 5. The highest BCUT2D eigenvalue weighted by Gasteiger charge is 2.18. The number of aromatic nitrogens is 1. The van der Waals surface area contributed by atoms with E-state index in [0.717, 1.165) is 16.6 Å². The minimum Gasteiger partial charge on any atom is -0.448 e. The number of benzene rings is 1. The maximum atomic E-state index is 11.9. The number of nitrogens with zero attached hydrogens (tertiary/aromatic N) is 2. The molecule has 1 aromatic heterocycles. The summed E-state index contributed by atoms with van der Waals surface area (Å²) in [6.07, 6.45) is 1.16. The number of hydroxylamine groups is 1. The molecular formula is C16H19N3O3. The topological polar surface area (TPSA) is 63.7 Å². The van der Waals surface area contributed by atoms with Crippen LogP contribution in [0.4, 0.5) is 22.0 Å². The molecule has 0 saturated heterocycles. The Morgan fingerprint density at radius 1 is 1.18 bits per heavy atom. The van der Waals surface area contributed by atoms with Gasteiger partial charge in [-0.05, 0) is 44.2 Å². The minimum atomic E-state index is -0.542. The van der Waals surface area contributed by atoms with E-state index < -0.39 is 6.09 Å². The molecule has 0 aliphatic heterocycles. The van der Waals surface area contributed by atoms with Crippen molar-refractivity contribution in [3.63, 3.8) is 0 Å². The average Bonchev–Trinajstić information content (AvgIpc) is 2.54. The lowest BCUT2D eigenvalue weighted by atomic mass is 10.2. The van der Waals surface area contributed by atoms with E-state index in [1.165, 1.54) is 0 Å². The van der Waals surface area contributed by atoms with Crippen LogP contribution in [0.5, 0.6) is 0 Å². The lowest BCUT2D eigenvalue weighted by molar-refractivity contribution is 0.0835. The number of carbonyl (C=O) groups excluding carboxylic acids is 1. The van der Waals surface area contributed by atoms with E-state index in [1.807, 2.05) is 37.3 Å². The molecule has 116 valence electrons. The Kier molecular flexibility index (Phi) is 5.73. The maximum Gasteiger partial charge on any atom is 0.438 e. The van der Waals surface area contributed by atoms with E-state index in [0.29, 0.717) is 12.3 Å². The van der Waals surface area contributed by atoms with Gasteiger partial charge in [-0.25, -0.2) is 9.78 Å². The van der Waals surface area contributed by atoms with Gasteiger partial charge in [0.15, 0.2) is 0 Å². The lowest BCUT2D eigenvalue weighted by Crippen LogP contribution is -2.31. The molecular weight excluding hydrogens is 282 g/mol. The standard InChI is InChI=1S/C16H19N3O3/c1-3-21-16(20)19(22-4-2)14-9-7-8-13(12-14)18-15-10-5-6-11-17-15/h5-12H,3-4H2,1-2H3,(H,17,18). The fourth-order valence-electron chi connectivity index (χ4n) is 1.84. The van der Waals surface area contributed by atoms with Gasteiger partial charge in [-0.15, -0.1) is 0 Å². The van der Waals surface area contributed by atoms with Gasteiger partial charge >= 0.3 is 6.09 Å². The summed E-state index contributed by atoms with van der Waals surface area (Å²) in [4.78, 5) is 21.5. The highest BCUT2D eigenvalue weighted by atomic mass is 16.7. The third-order valence-corrected chi connectivity index (χ3v) is 2.71. The van der Waals surface area contributed by atoms with Crippen LogP contribution in [0, 0.1) is 0 Å². The Morgan fingerprint density at radius 3 is 2.73 bits per heavy atom. The SMILES string of the molecule is CCOC(=O)N(OCC)c1cccc(Nc2ccccn2)c1. The molecule has 0 aliphatic rings. The number of hydrogen-bond donors (Lipinski definition) is 1. The highest BCUT2D eigenvalue weighted by molar-refractivity contribution is 5.86. The molecule has 0 unspecified atom stereocenters. The predicted octanol–water partition coefficient (Wildman–Crippen LogP) is 3.74. The molecule has 2 aromatic rings. The zero-order valence-corrected chi connectivity index (χ0v) is 12.7. The minimum absolute atomic E-state index is 0.286. The van der Waals surface area contributed by atoms with Gasteiger partial charge in [0.25, 0.3) is 0 Å². The van der Waals surface area contributed by atoms with Crippen molar-refractivity contribution in [2.24, 2.45) is 0 Å². The van der Waals surface area contributed by atoms with Crippen LogP contribution in [-0.2, 0) is 9.57 Å². The van der Waals surface area contributed by atoms with Crippen LogP contribution in [-0.4, -0.2) is 24.3 Å². The summed E-state index contributed by atoms with van der Waals surface area (Å²) in [6, 6.07) is 12.9. The van der Waals surface area contributed by atoms with Crippen molar-refractivity contribution in [2.75, 3.05) is 23.6 Å². The fraction of sp³-hybridized carbons (Fsp3) is 0.250. The van der Waals surface area contributed by atoms with Gasteiger partial charge in [-0.1, -0.05) is 12.1 Å². The number of rotatable bonds is 6. The average molecular weight is 301 g/mol. The normalized spacial score (nSPS) is 10.1. The summed E-state index contributed by atoms with van der Waals surface area (Å²) < 4.78 is 5.00. The molecule has 6 nitrogen and oxygen atoms in total. The number of nitrogens with one attached hydrogen (secondary N) is 1. The first kappa shape index (κ1) is 15.8. The molecule has 1 heterocycles. The van der Waals surface area contributed by atoms with Crippen molar-refractivity contribution in [3.8, 4) is 0 Å². The van der Waals surface area contributed by atoms with E-state index in [2.05, 4.69) is 10.3 Å². The van der Waals surface area contributed by atoms with Crippen LogP contribution in [0.2, 0.25) is 0 Å². The quantitative estimate of drug-likeness (QED) is 0.823. The molecule has 0 saturated carbocycles. The first-order valence-electron chi connectivity index (χ1n) is 7.12. The van der Waals surface area contributed by atoms with E-state index in [-0.39, 0.29) is 6.61 Å².